The van der Waals surface area contributed by atoms with Crippen molar-refractivity contribution in [3.05, 3.63) is 70.8 Å². The molecular formula is C20H22N2. The fraction of sp³-hybridized carbons (Fsp3) is 0.350. The predicted octanol–water partition coefficient (Wildman–Crippen LogP) is 4.11. The minimum atomic E-state index is -0.186. The molecule has 2 atom stereocenters. The van der Waals surface area contributed by atoms with Crippen LogP contribution in [0.3, 0.4) is 0 Å². The molecule has 22 heavy (non-hydrogen) atoms. The summed E-state index contributed by atoms with van der Waals surface area (Å²) in [4.78, 5) is 0. The van der Waals surface area contributed by atoms with Gasteiger partial charge in [0, 0.05) is 6.42 Å². The average molecular weight is 290 g/mol. The van der Waals surface area contributed by atoms with Crippen LogP contribution in [-0.2, 0) is 12.0 Å². The van der Waals surface area contributed by atoms with Crippen LogP contribution in [0.25, 0.3) is 0 Å². The highest BCUT2D eigenvalue weighted by molar-refractivity contribution is 5.50. The molecule has 1 aliphatic carbocycles. The number of nitrogens with zero attached hydrogens (tertiary/aromatic N) is 1. The SMILES string of the molecule is CN[C@]1(C)c2ccccc2C[C@H](CCC#N)c2ccccc21. The maximum atomic E-state index is 9.00. The van der Waals surface area contributed by atoms with E-state index in [2.05, 4.69) is 66.8 Å². The van der Waals surface area contributed by atoms with E-state index in [0.717, 1.165) is 12.8 Å². The molecule has 112 valence electrons. The van der Waals surface area contributed by atoms with Crippen LogP contribution in [-0.4, -0.2) is 7.05 Å². The quantitative estimate of drug-likeness (QED) is 0.923. The highest BCUT2D eigenvalue weighted by Crippen LogP contribution is 2.42. The Morgan fingerprint density at radius 2 is 1.82 bits per heavy atom. The summed E-state index contributed by atoms with van der Waals surface area (Å²) < 4.78 is 0. The van der Waals surface area contributed by atoms with Crippen LogP contribution >= 0.6 is 0 Å². The van der Waals surface area contributed by atoms with E-state index in [9.17, 15) is 0 Å². The number of hydrogen-bond donors (Lipinski definition) is 1. The van der Waals surface area contributed by atoms with E-state index >= 15 is 0 Å². The molecule has 0 saturated carbocycles. The maximum absolute atomic E-state index is 9.00. The molecule has 0 unspecified atom stereocenters. The summed E-state index contributed by atoms with van der Waals surface area (Å²) in [7, 11) is 2.03. The van der Waals surface area contributed by atoms with Crippen molar-refractivity contribution in [3.63, 3.8) is 0 Å². The van der Waals surface area contributed by atoms with Crippen molar-refractivity contribution in [2.24, 2.45) is 0 Å². The van der Waals surface area contributed by atoms with Gasteiger partial charge in [0.05, 0.1) is 11.6 Å². The number of fused-ring (bicyclic) bond motifs is 2. The lowest BCUT2D eigenvalue weighted by Crippen LogP contribution is -2.38. The van der Waals surface area contributed by atoms with Crippen molar-refractivity contribution in [2.75, 3.05) is 7.05 Å². The Balaban J connectivity index is 2.22. The monoisotopic (exact) mass is 290 g/mol. The number of nitrogens with one attached hydrogen (secondary N) is 1. The first kappa shape index (κ1) is 14.8. The van der Waals surface area contributed by atoms with Crippen LogP contribution in [0.1, 0.15) is 47.9 Å². The van der Waals surface area contributed by atoms with Gasteiger partial charge in [-0.05, 0) is 55.0 Å². The van der Waals surface area contributed by atoms with Crippen molar-refractivity contribution in [1.82, 2.24) is 5.32 Å². The zero-order chi connectivity index (χ0) is 15.6. The normalized spacial score (nSPS) is 23.0. The summed E-state index contributed by atoms with van der Waals surface area (Å²) in [5, 5.41) is 12.5. The molecule has 0 spiro atoms. The van der Waals surface area contributed by atoms with Crippen LogP contribution in [0.15, 0.2) is 48.5 Å². The predicted molar refractivity (Wildman–Crippen MR) is 89.7 cm³/mol. The molecule has 1 N–H and O–H groups in total. The summed E-state index contributed by atoms with van der Waals surface area (Å²) in [6.07, 6.45) is 2.53. The van der Waals surface area contributed by atoms with Crippen LogP contribution in [0, 0.1) is 11.3 Å². The highest BCUT2D eigenvalue weighted by Gasteiger charge is 2.35. The maximum Gasteiger partial charge on any atom is 0.0664 e. The molecule has 0 aliphatic heterocycles. The first-order valence-electron chi connectivity index (χ1n) is 7.94. The van der Waals surface area contributed by atoms with Gasteiger partial charge in [-0.1, -0.05) is 48.5 Å². The topological polar surface area (TPSA) is 35.8 Å². The van der Waals surface area contributed by atoms with E-state index in [-0.39, 0.29) is 5.54 Å². The Bertz CT molecular complexity index is 714. The van der Waals surface area contributed by atoms with Crippen molar-refractivity contribution >= 4 is 0 Å². The molecule has 0 aromatic heterocycles. The van der Waals surface area contributed by atoms with E-state index < -0.39 is 0 Å². The van der Waals surface area contributed by atoms with Gasteiger partial charge in [0.15, 0.2) is 0 Å². The smallest absolute Gasteiger partial charge is 0.0664 e. The Labute approximate surface area is 132 Å². The first-order valence-corrected chi connectivity index (χ1v) is 7.94. The number of benzene rings is 2. The van der Waals surface area contributed by atoms with Gasteiger partial charge in [-0.15, -0.1) is 0 Å². The van der Waals surface area contributed by atoms with Crippen LogP contribution in [0.4, 0.5) is 0 Å². The van der Waals surface area contributed by atoms with Crippen molar-refractivity contribution in [1.29, 1.82) is 5.26 Å². The second-order valence-corrected chi connectivity index (χ2v) is 6.22. The van der Waals surface area contributed by atoms with Crippen molar-refractivity contribution in [3.8, 4) is 6.07 Å². The van der Waals surface area contributed by atoms with E-state index in [1.807, 2.05) is 7.05 Å². The van der Waals surface area contributed by atoms with E-state index in [0.29, 0.717) is 12.3 Å². The summed E-state index contributed by atoms with van der Waals surface area (Å²) in [5.41, 5.74) is 5.27. The lowest BCUT2D eigenvalue weighted by molar-refractivity contribution is 0.481. The first-order chi connectivity index (χ1) is 10.7. The molecule has 2 nitrogen and oxygen atoms in total. The second kappa shape index (κ2) is 5.94. The van der Waals surface area contributed by atoms with Gasteiger partial charge in [0.25, 0.3) is 0 Å². The third-order valence-corrected chi connectivity index (χ3v) is 5.07. The fourth-order valence-electron chi connectivity index (χ4n) is 3.78. The van der Waals surface area contributed by atoms with Gasteiger partial charge in [-0.2, -0.15) is 5.26 Å². The Kier molecular flexibility index (Phi) is 4.00. The summed E-state index contributed by atoms with van der Waals surface area (Å²) in [6, 6.07) is 19.7. The summed E-state index contributed by atoms with van der Waals surface area (Å²) in [5.74, 6) is 0.409. The minimum Gasteiger partial charge on any atom is -0.307 e. The molecular weight excluding hydrogens is 268 g/mol. The zero-order valence-electron chi connectivity index (χ0n) is 13.3. The van der Waals surface area contributed by atoms with Gasteiger partial charge >= 0.3 is 0 Å². The van der Waals surface area contributed by atoms with Crippen LogP contribution < -0.4 is 5.32 Å². The second-order valence-electron chi connectivity index (χ2n) is 6.22. The number of nitriles is 1. The molecule has 0 fully saturated rings. The molecule has 3 rings (SSSR count). The average Bonchev–Trinajstić information content (AvgIpc) is 2.68. The Morgan fingerprint density at radius 1 is 1.14 bits per heavy atom. The van der Waals surface area contributed by atoms with E-state index in [4.69, 9.17) is 5.26 Å². The Morgan fingerprint density at radius 3 is 2.55 bits per heavy atom. The summed E-state index contributed by atoms with van der Waals surface area (Å²) >= 11 is 0. The zero-order valence-corrected chi connectivity index (χ0v) is 13.3. The van der Waals surface area contributed by atoms with Crippen molar-refractivity contribution in [2.45, 2.75) is 37.6 Å². The molecule has 1 aliphatic rings. The highest BCUT2D eigenvalue weighted by atomic mass is 14.9. The lowest BCUT2D eigenvalue weighted by Gasteiger charge is -2.32. The number of rotatable bonds is 3. The van der Waals surface area contributed by atoms with Crippen molar-refractivity contribution < 1.29 is 0 Å². The molecule has 2 aromatic carbocycles. The molecule has 0 radical (unpaired) electrons. The van der Waals surface area contributed by atoms with E-state index in [1.54, 1.807) is 0 Å². The van der Waals surface area contributed by atoms with Gasteiger partial charge in [0.2, 0.25) is 0 Å². The molecule has 0 heterocycles. The molecule has 2 heteroatoms. The molecule has 0 saturated heterocycles. The minimum absolute atomic E-state index is 0.186. The third kappa shape index (κ3) is 2.32. The van der Waals surface area contributed by atoms with Gasteiger partial charge in [-0.3, -0.25) is 0 Å². The van der Waals surface area contributed by atoms with Gasteiger partial charge < -0.3 is 5.32 Å². The largest absolute Gasteiger partial charge is 0.307 e. The van der Waals surface area contributed by atoms with Crippen LogP contribution in [0.5, 0.6) is 0 Å². The molecule has 2 aromatic rings. The van der Waals surface area contributed by atoms with Gasteiger partial charge in [-0.25, -0.2) is 0 Å². The van der Waals surface area contributed by atoms with Crippen LogP contribution in [0.2, 0.25) is 0 Å². The van der Waals surface area contributed by atoms with E-state index in [1.165, 1.54) is 22.3 Å². The van der Waals surface area contributed by atoms with Gasteiger partial charge in [0.1, 0.15) is 0 Å². The standard InChI is InChI=1S/C20H22N2/c1-20(22-2)18-11-5-3-8-16(18)14-15(9-7-13-21)17-10-4-6-12-19(17)20/h3-6,8,10-12,15,22H,7,9,14H2,1-2H3/t15-,20+/m0/s1. The molecule has 0 amide bonds. The third-order valence-electron chi connectivity index (χ3n) is 5.07. The fourth-order valence-corrected chi connectivity index (χ4v) is 3.78. The lowest BCUT2D eigenvalue weighted by atomic mass is 9.81. The summed E-state index contributed by atoms with van der Waals surface area (Å²) in [6.45, 7) is 2.26. The Hall–Kier alpha value is -2.11. The number of hydrogen-bond acceptors (Lipinski definition) is 2. The molecule has 0 bridgehead atoms.